The van der Waals surface area contributed by atoms with E-state index in [4.69, 9.17) is 31.6 Å². The van der Waals surface area contributed by atoms with Crippen LogP contribution in [0, 0.1) is 17.4 Å². The van der Waals surface area contributed by atoms with Gasteiger partial charge < -0.3 is 24.3 Å². The quantitative estimate of drug-likeness (QED) is 0.242. The van der Waals surface area contributed by atoms with Crippen molar-refractivity contribution in [1.29, 1.82) is 5.26 Å². The molecule has 210 valence electrons. The highest BCUT2D eigenvalue weighted by molar-refractivity contribution is 6.36. The van der Waals surface area contributed by atoms with Crippen molar-refractivity contribution < 1.29 is 9.57 Å². The van der Waals surface area contributed by atoms with Gasteiger partial charge in [0.1, 0.15) is 12.4 Å². The summed E-state index contributed by atoms with van der Waals surface area (Å²) in [5, 5.41) is 11.6. The second kappa shape index (κ2) is 12.0. The van der Waals surface area contributed by atoms with Crippen LogP contribution in [0.5, 0.6) is 6.01 Å². The van der Waals surface area contributed by atoms with Gasteiger partial charge >= 0.3 is 12.3 Å². The highest BCUT2D eigenvalue weighted by Gasteiger charge is 2.30. The van der Waals surface area contributed by atoms with Crippen molar-refractivity contribution >= 4 is 33.9 Å². The molecule has 0 unspecified atom stereocenters. The van der Waals surface area contributed by atoms with Gasteiger partial charge in [0.15, 0.2) is 0 Å². The summed E-state index contributed by atoms with van der Waals surface area (Å²) in [4.78, 5) is 21.8. The van der Waals surface area contributed by atoms with Crippen LogP contribution >= 0.6 is 11.6 Å². The lowest BCUT2D eigenvalue weighted by atomic mass is 9.96. The third-order valence-corrected chi connectivity index (χ3v) is 8.99. The molecule has 40 heavy (non-hydrogen) atoms. The molecule has 10 heteroatoms. The molecule has 0 radical (unpaired) electrons. The van der Waals surface area contributed by atoms with Crippen molar-refractivity contribution in [2.24, 2.45) is 5.92 Å². The monoisotopic (exact) mass is 561 g/mol. The predicted octanol–water partition coefficient (Wildman–Crippen LogP) is 4.54. The van der Waals surface area contributed by atoms with Crippen LogP contribution in [0.3, 0.4) is 0 Å². The lowest BCUT2D eigenvalue weighted by Crippen LogP contribution is -2.40. The number of aromatic nitrogens is 2. The van der Waals surface area contributed by atoms with Crippen molar-refractivity contribution in [3.05, 3.63) is 52.7 Å². The number of hydrogen-bond donors (Lipinski definition) is 1. The van der Waals surface area contributed by atoms with Crippen LogP contribution in [-0.2, 0) is 17.8 Å². The second-order valence-electron chi connectivity index (χ2n) is 11.1. The van der Waals surface area contributed by atoms with E-state index in [1.54, 1.807) is 6.26 Å². The second-order valence-corrected chi connectivity index (χ2v) is 11.5. The first-order valence-corrected chi connectivity index (χ1v) is 14.7. The lowest BCUT2D eigenvalue weighted by Gasteiger charge is -2.37. The Kier molecular flexibility index (Phi) is 8.10. The molecule has 4 heterocycles. The number of nitrogens with one attached hydrogen (secondary N) is 1. The first kappa shape index (κ1) is 26.9. The fraction of sp³-hybridized carbons (Fsp3) is 0.500. The Balaban J connectivity index is 1.27. The number of anilines is 2. The average Bonchev–Trinajstić information content (AvgIpc) is 3.40. The van der Waals surface area contributed by atoms with Crippen molar-refractivity contribution in [3.63, 3.8) is 0 Å². The minimum absolute atomic E-state index is 0.399. The molecular formula is C30H36ClN7O2. The maximum Gasteiger partial charge on any atom is 0.318 e. The van der Waals surface area contributed by atoms with Gasteiger partial charge in [-0.15, -0.1) is 10.7 Å². The molecule has 0 amide bonds. The van der Waals surface area contributed by atoms with Gasteiger partial charge in [-0.2, -0.15) is 9.97 Å². The zero-order chi connectivity index (χ0) is 27.5. The Morgan fingerprint density at radius 1 is 1.05 bits per heavy atom. The normalized spacial score (nSPS) is 20.0. The first-order valence-electron chi connectivity index (χ1n) is 14.3. The van der Waals surface area contributed by atoms with E-state index in [-0.39, 0.29) is 0 Å². The van der Waals surface area contributed by atoms with Gasteiger partial charge in [-0.1, -0.05) is 35.9 Å². The van der Waals surface area contributed by atoms with E-state index in [9.17, 15) is 0 Å². The summed E-state index contributed by atoms with van der Waals surface area (Å²) >= 11 is 6.69. The molecule has 0 aliphatic carbocycles. The molecule has 2 saturated heterocycles. The summed E-state index contributed by atoms with van der Waals surface area (Å²) in [5.41, 5.74) is 6.14. The van der Waals surface area contributed by atoms with E-state index in [2.05, 4.69) is 56.3 Å². The van der Waals surface area contributed by atoms with Crippen molar-refractivity contribution in [2.45, 2.75) is 44.7 Å². The summed E-state index contributed by atoms with van der Waals surface area (Å²) in [7, 11) is 2.16. The predicted molar refractivity (Wildman–Crippen MR) is 157 cm³/mol. The molecule has 9 nitrogen and oxygen atoms in total. The van der Waals surface area contributed by atoms with Gasteiger partial charge in [-0.05, 0) is 69.1 Å². The molecule has 1 aromatic heterocycles. The van der Waals surface area contributed by atoms with E-state index in [0.717, 1.165) is 84.9 Å². The number of nitriles is 1. The summed E-state index contributed by atoms with van der Waals surface area (Å²) in [6, 6.07) is 13.3. The SMILES string of the molecule is CN1CCC[C@H]1COc1nc2c(c(N3CCC(CNOC#N)CC3)n1)CCN(c1cccc3cccc(Cl)c13)C2. The minimum Gasteiger partial charge on any atom is -0.462 e. The number of hydrogen-bond acceptors (Lipinski definition) is 9. The molecule has 1 atom stereocenters. The van der Waals surface area contributed by atoms with E-state index < -0.39 is 0 Å². The Labute approximate surface area is 240 Å². The molecule has 2 aromatic carbocycles. The summed E-state index contributed by atoms with van der Waals surface area (Å²) in [6.45, 7) is 5.73. The first-order chi connectivity index (χ1) is 19.6. The molecular weight excluding hydrogens is 526 g/mol. The zero-order valence-electron chi connectivity index (χ0n) is 23.0. The van der Waals surface area contributed by atoms with Crippen LogP contribution in [0.1, 0.15) is 36.9 Å². The third-order valence-electron chi connectivity index (χ3n) is 8.68. The molecule has 3 aromatic rings. The van der Waals surface area contributed by atoms with Gasteiger partial charge in [0.05, 0.1) is 17.3 Å². The summed E-state index contributed by atoms with van der Waals surface area (Å²) in [6.07, 6.45) is 6.88. The number of ether oxygens (including phenoxy) is 1. The summed E-state index contributed by atoms with van der Waals surface area (Å²) < 4.78 is 6.29. The fourth-order valence-corrected chi connectivity index (χ4v) is 6.64. The smallest absolute Gasteiger partial charge is 0.318 e. The Hall–Kier alpha value is -3.32. The number of halogens is 1. The third kappa shape index (κ3) is 5.62. The van der Waals surface area contributed by atoms with E-state index in [0.29, 0.717) is 37.7 Å². The molecule has 2 fully saturated rings. The number of fused-ring (bicyclic) bond motifs is 2. The van der Waals surface area contributed by atoms with Crippen molar-refractivity contribution in [2.75, 3.05) is 56.2 Å². The van der Waals surface area contributed by atoms with Crippen LogP contribution < -0.4 is 20.0 Å². The number of benzene rings is 2. The van der Waals surface area contributed by atoms with Crippen LogP contribution in [0.2, 0.25) is 5.02 Å². The number of likely N-dealkylation sites (N-methyl/N-ethyl adjacent to an activating group) is 1. The number of likely N-dealkylation sites (tertiary alicyclic amines) is 1. The van der Waals surface area contributed by atoms with Gasteiger partial charge in [-0.3, -0.25) is 0 Å². The molecule has 6 rings (SSSR count). The van der Waals surface area contributed by atoms with Gasteiger partial charge in [-0.25, -0.2) is 0 Å². The van der Waals surface area contributed by atoms with Crippen LogP contribution in [-0.4, -0.2) is 67.3 Å². The number of nitrogens with zero attached hydrogens (tertiary/aromatic N) is 6. The van der Waals surface area contributed by atoms with Crippen molar-refractivity contribution in [1.82, 2.24) is 20.3 Å². The number of hydroxylamine groups is 1. The molecule has 3 aliphatic heterocycles. The molecule has 1 N–H and O–H groups in total. The average molecular weight is 562 g/mol. The van der Waals surface area contributed by atoms with Gasteiger partial charge in [0.25, 0.3) is 0 Å². The largest absolute Gasteiger partial charge is 0.462 e. The minimum atomic E-state index is 0.399. The van der Waals surface area contributed by atoms with Gasteiger partial charge in [0, 0.05) is 48.9 Å². The summed E-state index contributed by atoms with van der Waals surface area (Å²) in [5.74, 6) is 1.47. The standard InChI is InChI=1S/C30H36ClN7O2/c1-36-13-4-7-23(36)19-39-30-34-26-18-38(27-9-3-6-22-5-2-8-25(31)28(22)27)16-12-24(26)29(35-30)37-14-10-21(11-15-37)17-33-40-20-32/h2-3,5-6,8-9,21,23,33H,4,7,10-19H2,1H3/t23-/m0/s1. The van der Waals surface area contributed by atoms with Crippen LogP contribution in [0.25, 0.3) is 10.8 Å². The Bertz CT molecular complexity index is 1380. The fourth-order valence-electron chi connectivity index (χ4n) is 6.36. The molecule has 0 bridgehead atoms. The Morgan fingerprint density at radius 2 is 1.88 bits per heavy atom. The molecule has 0 saturated carbocycles. The maximum atomic E-state index is 8.63. The molecule has 3 aliphatic rings. The topological polar surface area (TPSA) is 89.8 Å². The highest BCUT2D eigenvalue weighted by atomic mass is 35.5. The van der Waals surface area contributed by atoms with Gasteiger partial charge in [0.2, 0.25) is 0 Å². The van der Waals surface area contributed by atoms with E-state index in [1.807, 2.05) is 12.1 Å². The van der Waals surface area contributed by atoms with Crippen LogP contribution in [0.15, 0.2) is 36.4 Å². The Morgan fingerprint density at radius 3 is 2.65 bits per heavy atom. The number of piperidine rings is 1. The zero-order valence-corrected chi connectivity index (χ0v) is 23.7. The number of rotatable bonds is 8. The highest BCUT2D eigenvalue weighted by Crippen LogP contribution is 2.37. The van der Waals surface area contributed by atoms with E-state index >= 15 is 0 Å². The van der Waals surface area contributed by atoms with Crippen molar-refractivity contribution in [3.8, 4) is 12.3 Å². The van der Waals surface area contributed by atoms with Crippen LogP contribution in [0.4, 0.5) is 11.5 Å². The molecule has 0 spiro atoms. The maximum absolute atomic E-state index is 8.63. The van der Waals surface area contributed by atoms with E-state index in [1.165, 1.54) is 12.0 Å². The lowest BCUT2D eigenvalue weighted by molar-refractivity contribution is 0.130.